The molecule has 82 heavy (non-hydrogen) atoms. The fourth-order valence-corrected chi connectivity index (χ4v) is 8.46. The number of phenols is 1. The molecule has 444 valence electrons. The number of rotatable bonds is 21. The maximum Gasteiger partial charge on any atom is 0.326 e. The van der Waals surface area contributed by atoms with Gasteiger partial charge in [0.25, 0.3) is 0 Å². The number of amides is 11. The molecular weight excluding hydrogens is 1070 g/mol. The standard InChI is InChI=1S/C54H72N12O16/c1-29(45(72)65-41(54(81)82)24-31-14-8-5-9-15-31)58-47(74)35-16-10-2-3-11-17-36(60-51(78)39(25-43(56)70)61-46(73)34(55)27-67)48(75)62-38(23-32-18-20-33(69)21-19-32)49(76)63-37(22-30-12-6-4-7-13-30)50(77)66-42(28-68)53(80)64-40(26-44(57)71)52(79)59-35/h4-9,12-15,18-21,29,34-42,67-69H,2-3,10-11,16-17,22-28,55H2,1H3,(H2,56,70)(H2,57,71)(H,58,74)(H,59,79)(H,60,78)(H,61,73)(H,62,75)(H,63,76)(H,64,80)(H,65,72)(H,66,77)(H,81,82)/t29-,34?,35?,36?,37-,38-,39-,40?,41-,42-/m0/s1. The van der Waals surface area contributed by atoms with Crippen molar-refractivity contribution in [1.82, 2.24) is 47.9 Å². The number of aliphatic hydroxyl groups is 2. The van der Waals surface area contributed by atoms with Crippen molar-refractivity contribution in [3.8, 4) is 5.75 Å². The van der Waals surface area contributed by atoms with Crippen LogP contribution in [-0.4, -0.2) is 165 Å². The number of nitrogens with one attached hydrogen (secondary N) is 9. The Balaban J connectivity index is 1.75. The van der Waals surface area contributed by atoms with Crippen LogP contribution < -0.4 is 65.1 Å². The zero-order chi connectivity index (χ0) is 60.5. The Kier molecular flexibility index (Phi) is 26.3. The molecule has 1 aliphatic heterocycles. The van der Waals surface area contributed by atoms with Gasteiger partial charge in [-0.05, 0) is 48.6 Å². The Labute approximate surface area is 471 Å². The zero-order valence-corrected chi connectivity index (χ0v) is 45.0. The lowest BCUT2D eigenvalue weighted by atomic mass is 10.00. The van der Waals surface area contributed by atoms with E-state index in [0.29, 0.717) is 16.7 Å². The average molecular weight is 1150 g/mol. The maximum atomic E-state index is 14.5. The van der Waals surface area contributed by atoms with Gasteiger partial charge in [-0.2, -0.15) is 0 Å². The summed E-state index contributed by atoms with van der Waals surface area (Å²) in [5, 5.41) is 61.7. The summed E-state index contributed by atoms with van der Waals surface area (Å²) in [7, 11) is 0. The first kappa shape index (κ1) is 65.5. The molecule has 28 nitrogen and oxygen atoms in total. The van der Waals surface area contributed by atoms with E-state index in [1.54, 1.807) is 60.7 Å². The lowest BCUT2D eigenvalue weighted by Crippen LogP contribution is -2.61. The van der Waals surface area contributed by atoms with Crippen LogP contribution in [0.15, 0.2) is 84.9 Å². The van der Waals surface area contributed by atoms with Crippen LogP contribution in [0.2, 0.25) is 0 Å². The summed E-state index contributed by atoms with van der Waals surface area (Å²) in [5.74, 6) is -13.1. The third kappa shape index (κ3) is 21.9. The number of primary amides is 2. The van der Waals surface area contributed by atoms with Crippen LogP contribution in [0, 0.1) is 0 Å². The molecule has 3 aromatic carbocycles. The summed E-state index contributed by atoms with van der Waals surface area (Å²) in [5.41, 5.74) is 18.0. The molecule has 4 rings (SSSR count). The molecule has 10 atom stereocenters. The molecule has 1 heterocycles. The van der Waals surface area contributed by atoms with Crippen LogP contribution in [0.5, 0.6) is 5.75 Å². The molecule has 28 heteroatoms. The Bertz CT molecular complexity index is 2720. The molecule has 19 N–H and O–H groups in total. The maximum absolute atomic E-state index is 14.5. The lowest BCUT2D eigenvalue weighted by molar-refractivity contribution is -0.142. The molecule has 3 aromatic rings. The summed E-state index contributed by atoms with van der Waals surface area (Å²) in [6.45, 7) is -0.693. The SMILES string of the molecule is C[C@H](NC(=O)C1CCCCCCC(NC(=O)[C@H](CC(N)=O)NC(=O)C(N)CO)C(=O)N[C@@H](Cc2ccc(O)cc2)C(=O)N[C@@H](Cc2ccccc2)C(=O)N[C@@H](CO)C(=O)NC(CC(N)=O)C(=O)N1)C(=O)N[C@@H](Cc1ccccc1)C(=O)O. The van der Waals surface area contributed by atoms with Crippen LogP contribution in [0.25, 0.3) is 0 Å². The second kappa shape index (κ2) is 32.9. The fourth-order valence-electron chi connectivity index (χ4n) is 8.46. The average Bonchev–Trinajstić information content (AvgIpc) is 3.45. The summed E-state index contributed by atoms with van der Waals surface area (Å²) < 4.78 is 0. The van der Waals surface area contributed by atoms with Gasteiger partial charge in [0, 0.05) is 19.3 Å². The van der Waals surface area contributed by atoms with Crippen molar-refractivity contribution in [1.29, 1.82) is 0 Å². The van der Waals surface area contributed by atoms with E-state index >= 15 is 0 Å². The van der Waals surface area contributed by atoms with E-state index in [4.69, 9.17) is 17.2 Å². The molecule has 0 aliphatic carbocycles. The highest BCUT2D eigenvalue weighted by atomic mass is 16.4. The first-order chi connectivity index (χ1) is 39.0. The summed E-state index contributed by atoms with van der Waals surface area (Å²) in [6.07, 6.45) is -1.97. The number of carbonyl (C=O) groups excluding carboxylic acids is 11. The van der Waals surface area contributed by atoms with Crippen LogP contribution in [0.1, 0.15) is 75.0 Å². The minimum absolute atomic E-state index is 0.103. The normalized spacial score (nSPS) is 21.2. The van der Waals surface area contributed by atoms with Crippen molar-refractivity contribution in [2.24, 2.45) is 17.2 Å². The fraction of sp³-hybridized carbons (Fsp3) is 0.444. The third-order valence-electron chi connectivity index (χ3n) is 13.0. The molecular formula is C54H72N12O16. The number of carboxylic acid groups (broad SMARTS) is 1. The Hall–Kier alpha value is -9.02. The second-order valence-corrected chi connectivity index (χ2v) is 19.6. The van der Waals surface area contributed by atoms with Crippen molar-refractivity contribution in [2.45, 2.75) is 138 Å². The number of carbonyl (C=O) groups is 12. The highest BCUT2D eigenvalue weighted by Gasteiger charge is 2.36. The number of aliphatic carboxylic acids is 1. The predicted molar refractivity (Wildman–Crippen MR) is 290 cm³/mol. The number of aliphatic hydroxyl groups excluding tert-OH is 2. The van der Waals surface area contributed by atoms with Gasteiger partial charge in [0.2, 0.25) is 65.0 Å². The first-order valence-corrected chi connectivity index (χ1v) is 26.3. The molecule has 1 aliphatic rings. The Morgan fingerprint density at radius 2 is 1.07 bits per heavy atom. The number of aromatic hydroxyl groups is 1. The Morgan fingerprint density at radius 3 is 1.62 bits per heavy atom. The van der Waals surface area contributed by atoms with Gasteiger partial charge in [-0.15, -0.1) is 0 Å². The molecule has 11 amide bonds. The quantitative estimate of drug-likeness (QED) is 0.0477. The van der Waals surface area contributed by atoms with E-state index in [9.17, 15) is 78.0 Å². The van der Waals surface area contributed by atoms with Gasteiger partial charge in [0.1, 0.15) is 66.2 Å². The van der Waals surface area contributed by atoms with E-state index in [-0.39, 0.29) is 63.5 Å². The van der Waals surface area contributed by atoms with Gasteiger partial charge < -0.3 is 85.5 Å². The number of carboxylic acids is 1. The number of hydrogen-bond acceptors (Lipinski definition) is 16. The molecule has 0 aromatic heterocycles. The Morgan fingerprint density at radius 1 is 0.573 bits per heavy atom. The molecule has 0 bridgehead atoms. The van der Waals surface area contributed by atoms with Crippen molar-refractivity contribution in [3.05, 3.63) is 102 Å². The molecule has 1 saturated heterocycles. The highest BCUT2D eigenvalue weighted by molar-refractivity contribution is 6.00. The minimum atomic E-state index is -1.88. The smallest absolute Gasteiger partial charge is 0.326 e. The highest BCUT2D eigenvalue weighted by Crippen LogP contribution is 2.16. The second-order valence-electron chi connectivity index (χ2n) is 19.6. The van der Waals surface area contributed by atoms with Gasteiger partial charge in [0.05, 0.1) is 26.1 Å². The summed E-state index contributed by atoms with van der Waals surface area (Å²) in [4.78, 5) is 162. The van der Waals surface area contributed by atoms with Crippen molar-refractivity contribution in [2.75, 3.05) is 13.2 Å². The van der Waals surface area contributed by atoms with E-state index in [2.05, 4.69) is 47.9 Å². The largest absolute Gasteiger partial charge is 0.508 e. The molecule has 4 unspecified atom stereocenters. The number of nitrogens with two attached hydrogens (primary N) is 3. The minimum Gasteiger partial charge on any atom is -0.508 e. The monoisotopic (exact) mass is 1140 g/mol. The summed E-state index contributed by atoms with van der Waals surface area (Å²) >= 11 is 0. The van der Waals surface area contributed by atoms with Gasteiger partial charge >= 0.3 is 5.97 Å². The van der Waals surface area contributed by atoms with Gasteiger partial charge in [-0.25, -0.2) is 4.79 Å². The van der Waals surface area contributed by atoms with E-state index < -0.39 is 157 Å². The zero-order valence-electron chi connectivity index (χ0n) is 45.0. The molecule has 0 spiro atoms. The molecule has 1 fully saturated rings. The van der Waals surface area contributed by atoms with E-state index in [1.807, 2.05) is 0 Å². The van der Waals surface area contributed by atoms with E-state index in [0.717, 1.165) is 0 Å². The van der Waals surface area contributed by atoms with Crippen LogP contribution in [0.3, 0.4) is 0 Å². The molecule has 0 saturated carbocycles. The topological polar surface area (TPSA) is 472 Å². The van der Waals surface area contributed by atoms with Crippen LogP contribution in [0.4, 0.5) is 0 Å². The third-order valence-corrected chi connectivity index (χ3v) is 13.0. The van der Waals surface area contributed by atoms with Crippen LogP contribution in [-0.2, 0) is 76.8 Å². The van der Waals surface area contributed by atoms with Crippen molar-refractivity contribution < 1.29 is 78.0 Å². The van der Waals surface area contributed by atoms with Crippen molar-refractivity contribution >= 4 is 70.9 Å². The number of hydrogen-bond donors (Lipinski definition) is 16. The first-order valence-electron chi connectivity index (χ1n) is 26.3. The summed E-state index contributed by atoms with van der Waals surface area (Å²) in [6, 6.07) is 6.12. The van der Waals surface area contributed by atoms with Gasteiger partial charge in [0.15, 0.2) is 0 Å². The molecule has 0 radical (unpaired) electrons. The van der Waals surface area contributed by atoms with Crippen LogP contribution >= 0.6 is 0 Å². The number of benzene rings is 3. The predicted octanol–water partition coefficient (Wildman–Crippen LogP) is -4.70. The number of phenolic OH excluding ortho intramolecular Hbond substituents is 1. The van der Waals surface area contributed by atoms with E-state index in [1.165, 1.54) is 31.2 Å². The van der Waals surface area contributed by atoms with Gasteiger partial charge in [-0.1, -0.05) is 98.5 Å². The van der Waals surface area contributed by atoms with Crippen molar-refractivity contribution in [3.63, 3.8) is 0 Å². The lowest BCUT2D eigenvalue weighted by Gasteiger charge is -2.28. The van der Waals surface area contributed by atoms with Gasteiger partial charge in [-0.3, -0.25) is 52.7 Å².